The van der Waals surface area contributed by atoms with E-state index in [0.717, 1.165) is 17.2 Å². The van der Waals surface area contributed by atoms with E-state index in [1.165, 1.54) is 6.08 Å². The van der Waals surface area contributed by atoms with Gasteiger partial charge in [-0.1, -0.05) is 60.7 Å². The van der Waals surface area contributed by atoms with Gasteiger partial charge in [-0.25, -0.2) is 4.79 Å². The summed E-state index contributed by atoms with van der Waals surface area (Å²) in [6.07, 6.45) is 2.54. The van der Waals surface area contributed by atoms with Gasteiger partial charge >= 0.3 is 5.97 Å². The third-order valence-corrected chi connectivity index (χ3v) is 4.18. The van der Waals surface area contributed by atoms with Crippen molar-refractivity contribution in [2.24, 2.45) is 0 Å². The van der Waals surface area contributed by atoms with Crippen molar-refractivity contribution in [2.75, 3.05) is 7.11 Å². The molecule has 0 aliphatic rings. The quantitative estimate of drug-likeness (QED) is 0.524. The molecule has 0 bridgehead atoms. The van der Waals surface area contributed by atoms with Crippen molar-refractivity contribution < 1.29 is 24.1 Å². The fourth-order valence-corrected chi connectivity index (χ4v) is 2.72. The Hall–Kier alpha value is -3.73. The van der Waals surface area contributed by atoms with E-state index in [-0.39, 0.29) is 0 Å². The Balaban J connectivity index is 1.92. The van der Waals surface area contributed by atoms with E-state index < -0.39 is 5.97 Å². The SMILES string of the molecule is COc1cc(OCc2ccccc2)c(/C=C/C(=O)O)c(OCc2ccccc2)c1. The lowest BCUT2D eigenvalue weighted by Gasteiger charge is -2.16. The molecule has 0 spiro atoms. The second kappa shape index (κ2) is 9.99. The van der Waals surface area contributed by atoms with Gasteiger partial charge in [-0.2, -0.15) is 0 Å². The molecular weight excluding hydrogens is 368 g/mol. The summed E-state index contributed by atoms with van der Waals surface area (Å²) in [6.45, 7) is 0.667. The molecule has 3 aromatic carbocycles. The average Bonchev–Trinajstić information content (AvgIpc) is 2.76. The number of methoxy groups -OCH3 is 1. The molecule has 0 saturated carbocycles. The van der Waals surface area contributed by atoms with Crippen molar-refractivity contribution in [1.82, 2.24) is 0 Å². The number of hydrogen-bond acceptors (Lipinski definition) is 4. The number of carbonyl (C=O) groups is 1. The molecule has 3 aromatic rings. The summed E-state index contributed by atoms with van der Waals surface area (Å²) in [5.74, 6) is 0.468. The third-order valence-electron chi connectivity index (χ3n) is 4.18. The summed E-state index contributed by atoms with van der Waals surface area (Å²) in [7, 11) is 1.56. The zero-order chi connectivity index (χ0) is 20.5. The predicted molar refractivity (Wildman–Crippen MR) is 111 cm³/mol. The molecule has 0 amide bonds. The maximum atomic E-state index is 11.1. The second-order valence-corrected chi connectivity index (χ2v) is 6.26. The zero-order valence-electron chi connectivity index (χ0n) is 16.1. The van der Waals surface area contributed by atoms with Crippen molar-refractivity contribution >= 4 is 12.0 Å². The van der Waals surface area contributed by atoms with Crippen LogP contribution in [0.15, 0.2) is 78.9 Å². The summed E-state index contributed by atoms with van der Waals surface area (Å²) in [5, 5.41) is 9.08. The van der Waals surface area contributed by atoms with Gasteiger partial charge in [-0.05, 0) is 17.2 Å². The van der Waals surface area contributed by atoms with E-state index in [2.05, 4.69) is 0 Å². The van der Waals surface area contributed by atoms with Gasteiger partial charge in [-0.15, -0.1) is 0 Å². The number of carboxylic acids is 1. The van der Waals surface area contributed by atoms with Crippen LogP contribution in [-0.4, -0.2) is 18.2 Å². The van der Waals surface area contributed by atoms with Crippen LogP contribution in [0, 0.1) is 0 Å². The molecule has 148 valence electrons. The standard InChI is InChI=1S/C24H22O5/c1-27-20-14-22(28-16-18-8-4-2-5-9-18)21(12-13-24(25)26)23(15-20)29-17-19-10-6-3-7-11-19/h2-15H,16-17H2,1H3,(H,25,26)/b13-12+. The zero-order valence-corrected chi connectivity index (χ0v) is 16.1. The number of benzene rings is 3. The van der Waals surface area contributed by atoms with E-state index in [9.17, 15) is 4.79 Å². The number of ether oxygens (including phenoxy) is 3. The molecule has 29 heavy (non-hydrogen) atoms. The molecule has 0 fully saturated rings. The molecule has 0 heterocycles. The Morgan fingerprint density at radius 2 is 1.34 bits per heavy atom. The third kappa shape index (κ3) is 5.87. The van der Waals surface area contributed by atoms with Crippen molar-refractivity contribution in [3.8, 4) is 17.2 Å². The summed E-state index contributed by atoms with van der Waals surface area (Å²) < 4.78 is 17.4. The first-order chi connectivity index (χ1) is 14.2. The number of rotatable bonds is 9. The first-order valence-corrected chi connectivity index (χ1v) is 9.12. The van der Waals surface area contributed by atoms with Crippen LogP contribution in [0.4, 0.5) is 0 Å². The van der Waals surface area contributed by atoms with Crippen LogP contribution in [-0.2, 0) is 18.0 Å². The smallest absolute Gasteiger partial charge is 0.328 e. The lowest BCUT2D eigenvalue weighted by atomic mass is 10.1. The minimum Gasteiger partial charge on any atom is -0.496 e. The largest absolute Gasteiger partial charge is 0.496 e. The Morgan fingerprint density at radius 3 is 1.76 bits per heavy atom. The molecule has 0 unspecified atom stereocenters. The molecule has 3 rings (SSSR count). The fraction of sp³-hybridized carbons (Fsp3) is 0.125. The monoisotopic (exact) mass is 390 g/mol. The minimum absolute atomic E-state index is 0.333. The Labute approximate surface area is 169 Å². The lowest BCUT2D eigenvalue weighted by Crippen LogP contribution is -2.02. The topological polar surface area (TPSA) is 65.0 Å². The Morgan fingerprint density at radius 1 is 0.862 bits per heavy atom. The van der Waals surface area contributed by atoms with Gasteiger partial charge in [0.25, 0.3) is 0 Å². The molecule has 5 nitrogen and oxygen atoms in total. The van der Waals surface area contributed by atoms with Crippen molar-refractivity contribution in [3.63, 3.8) is 0 Å². The van der Waals surface area contributed by atoms with Crippen molar-refractivity contribution in [2.45, 2.75) is 13.2 Å². The van der Waals surface area contributed by atoms with Crippen LogP contribution in [0.25, 0.3) is 6.08 Å². The maximum Gasteiger partial charge on any atom is 0.328 e. The Kier molecular flexibility index (Phi) is 6.90. The normalized spacial score (nSPS) is 10.7. The van der Waals surface area contributed by atoms with E-state index in [4.69, 9.17) is 19.3 Å². The predicted octanol–water partition coefficient (Wildman–Crippen LogP) is 4.95. The van der Waals surface area contributed by atoms with E-state index in [1.54, 1.807) is 19.2 Å². The first kappa shape index (κ1) is 20.0. The number of hydrogen-bond donors (Lipinski definition) is 1. The second-order valence-electron chi connectivity index (χ2n) is 6.26. The van der Waals surface area contributed by atoms with Crippen LogP contribution in [0.3, 0.4) is 0 Å². The fourth-order valence-electron chi connectivity index (χ4n) is 2.72. The molecule has 0 saturated heterocycles. The molecule has 0 atom stereocenters. The van der Waals surface area contributed by atoms with Crippen LogP contribution in [0.1, 0.15) is 16.7 Å². The summed E-state index contributed by atoms with van der Waals surface area (Å²) in [5.41, 5.74) is 2.53. The van der Waals surface area contributed by atoms with Gasteiger partial charge in [0.1, 0.15) is 30.5 Å². The summed E-state index contributed by atoms with van der Waals surface area (Å²) in [6, 6.07) is 22.9. The van der Waals surface area contributed by atoms with Crippen LogP contribution in [0.2, 0.25) is 0 Å². The molecule has 0 aliphatic heterocycles. The van der Waals surface area contributed by atoms with Crippen LogP contribution in [0.5, 0.6) is 17.2 Å². The highest BCUT2D eigenvalue weighted by Crippen LogP contribution is 2.36. The highest BCUT2D eigenvalue weighted by Gasteiger charge is 2.13. The van der Waals surface area contributed by atoms with E-state index in [1.807, 2.05) is 60.7 Å². The number of carboxylic acid groups (broad SMARTS) is 1. The van der Waals surface area contributed by atoms with Gasteiger partial charge in [0.05, 0.1) is 12.7 Å². The first-order valence-electron chi connectivity index (χ1n) is 9.12. The van der Waals surface area contributed by atoms with E-state index in [0.29, 0.717) is 36.0 Å². The molecule has 1 N–H and O–H groups in total. The summed E-state index contributed by atoms with van der Waals surface area (Å²) >= 11 is 0. The highest BCUT2D eigenvalue weighted by molar-refractivity contribution is 5.87. The molecule has 5 heteroatoms. The molecule has 0 radical (unpaired) electrons. The molecular formula is C24H22O5. The molecule has 0 aromatic heterocycles. The van der Waals surface area contributed by atoms with Gasteiger partial charge in [0.15, 0.2) is 0 Å². The summed E-state index contributed by atoms with van der Waals surface area (Å²) in [4.78, 5) is 11.1. The highest BCUT2D eigenvalue weighted by atomic mass is 16.5. The number of aliphatic carboxylic acids is 1. The van der Waals surface area contributed by atoms with E-state index >= 15 is 0 Å². The van der Waals surface area contributed by atoms with Crippen LogP contribution < -0.4 is 14.2 Å². The van der Waals surface area contributed by atoms with Gasteiger partial charge < -0.3 is 19.3 Å². The van der Waals surface area contributed by atoms with Gasteiger partial charge in [0.2, 0.25) is 0 Å². The van der Waals surface area contributed by atoms with Crippen molar-refractivity contribution in [1.29, 1.82) is 0 Å². The molecule has 0 aliphatic carbocycles. The minimum atomic E-state index is -1.05. The van der Waals surface area contributed by atoms with Gasteiger partial charge in [-0.3, -0.25) is 0 Å². The lowest BCUT2D eigenvalue weighted by molar-refractivity contribution is -0.131. The van der Waals surface area contributed by atoms with Crippen molar-refractivity contribution in [3.05, 3.63) is 95.6 Å². The average molecular weight is 390 g/mol. The maximum absolute atomic E-state index is 11.1. The van der Waals surface area contributed by atoms with Crippen LogP contribution >= 0.6 is 0 Å². The Bertz CT molecular complexity index is 901. The van der Waals surface area contributed by atoms with Gasteiger partial charge in [0, 0.05) is 18.2 Å².